The van der Waals surface area contributed by atoms with Crippen molar-refractivity contribution in [2.75, 3.05) is 12.4 Å². The smallest absolute Gasteiger partial charge is 0.269 e. The number of carbonyl (C=O) groups is 2. The van der Waals surface area contributed by atoms with Crippen LogP contribution in [-0.2, 0) is 7.05 Å². The van der Waals surface area contributed by atoms with Crippen LogP contribution in [0.4, 0.5) is 5.69 Å². The number of hydrogen-bond donors (Lipinski definition) is 3. The lowest BCUT2D eigenvalue weighted by Gasteiger charge is -2.13. The zero-order valence-electron chi connectivity index (χ0n) is 14.9. The fourth-order valence-corrected chi connectivity index (χ4v) is 2.56. The highest BCUT2D eigenvalue weighted by Gasteiger charge is 2.19. The van der Waals surface area contributed by atoms with Crippen LogP contribution in [0.2, 0.25) is 0 Å². The Morgan fingerprint density at radius 3 is 2.52 bits per heavy atom. The molecule has 0 aliphatic heterocycles. The van der Waals surface area contributed by atoms with Crippen molar-refractivity contribution in [2.24, 2.45) is 7.05 Å². The number of aliphatic hydroxyl groups is 1. The number of aryl methyl sites for hydroxylation is 1. The van der Waals surface area contributed by atoms with Crippen molar-refractivity contribution in [3.8, 4) is 0 Å². The molecule has 138 valence electrons. The molecule has 1 aromatic carbocycles. The van der Waals surface area contributed by atoms with Crippen molar-refractivity contribution in [2.45, 2.75) is 6.10 Å². The van der Waals surface area contributed by atoms with Gasteiger partial charge in [-0.1, -0.05) is 30.3 Å². The summed E-state index contributed by atoms with van der Waals surface area (Å²) in [5, 5.41) is 19.8. The van der Waals surface area contributed by atoms with Gasteiger partial charge >= 0.3 is 0 Å². The molecule has 0 radical (unpaired) electrons. The average molecular weight is 365 g/mol. The van der Waals surface area contributed by atoms with E-state index < -0.39 is 17.9 Å². The SMILES string of the molecule is CNC(=O)c1cc(C(=O)Nc2cnn(C)c2)cc(C(O)c2ccccc2)n1. The lowest BCUT2D eigenvalue weighted by atomic mass is 10.0. The van der Waals surface area contributed by atoms with Gasteiger partial charge in [-0.15, -0.1) is 0 Å². The Kier molecular flexibility index (Phi) is 5.28. The van der Waals surface area contributed by atoms with Gasteiger partial charge in [0.25, 0.3) is 11.8 Å². The monoisotopic (exact) mass is 365 g/mol. The molecule has 8 nitrogen and oxygen atoms in total. The number of aliphatic hydroxyl groups excluding tert-OH is 1. The van der Waals surface area contributed by atoms with Crippen LogP contribution >= 0.6 is 0 Å². The minimum Gasteiger partial charge on any atom is -0.382 e. The topological polar surface area (TPSA) is 109 Å². The summed E-state index contributed by atoms with van der Waals surface area (Å²) in [5.74, 6) is -0.885. The molecule has 27 heavy (non-hydrogen) atoms. The molecule has 0 aliphatic carbocycles. The summed E-state index contributed by atoms with van der Waals surface area (Å²) in [6.45, 7) is 0. The third-order valence-electron chi connectivity index (χ3n) is 3.93. The Balaban J connectivity index is 1.97. The van der Waals surface area contributed by atoms with Gasteiger partial charge in [0.1, 0.15) is 11.8 Å². The first-order chi connectivity index (χ1) is 13.0. The zero-order valence-corrected chi connectivity index (χ0v) is 14.9. The van der Waals surface area contributed by atoms with E-state index in [0.717, 1.165) is 0 Å². The van der Waals surface area contributed by atoms with E-state index in [9.17, 15) is 14.7 Å². The van der Waals surface area contributed by atoms with E-state index in [4.69, 9.17) is 0 Å². The molecule has 3 N–H and O–H groups in total. The molecule has 1 atom stereocenters. The zero-order chi connectivity index (χ0) is 19.4. The van der Waals surface area contributed by atoms with Crippen LogP contribution in [0.25, 0.3) is 0 Å². The van der Waals surface area contributed by atoms with Gasteiger partial charge in [-0.3, -0.25) is 14.3 Å². The van der Waals surface area contributed by atoms with E-state index >= 15 is 0 Å². The number of nitrogens with zero attached hydrogens (tertiary/aromatic N) is 3. The number of pyridine rings is 1. The van der Waals surface area contributed by atoms with Crippen molar-refractivity contribution in [1.82, 2.24) is 20.1 Å². The first-order valence-electron chi connectivity index (χ1n) is 8.25. The minimum atomic E-state index is -1.07. The lowest BCUT2D eigenvalue weighted by molar-refractivity contribution is 0.0957. The first-order valence-corrected chi connectivity index (χ1v) is 8.25. The van der Waals surface area contributed by atoms with Crippen LogP contribution in [0.15, 0.2) is 54.9 Å². The molecule has 0 spiro atoms. The Labute approximate surface area is 155 Å². The number of rotatable bonds is 5. The fourth-order valence-electron chi connectivity index (χ4n) is 2.56. The second-order valence-corrected chi connectivity index (χ2v) is 5.92. The lowest BCUT2D eigenvalue weighted by Crippen LogP contribution is -2.22. The molecular formula is C19H19N5O3. The van der Waals surface area contributed by atoms with Crippen LogP contribution in [0.3, 0.4) is 0 Å². The van der Waals surface area contributed by atoms with Gasteiger partial charge in [0.2, 0.25) is 0 Å². The minimum absolute atomic E-state index is 0.0429. The highest BCUT2D eigenvalue weighted by atomic mass is 16.3. The summed E-state index contributed by atoms with van der Waals surface area (Å²) in [6.07, 6.45) is 2.09. The summed E-state index contributed by atoms with van der Waals surface area (Å²) in [5.41, 5.74) is 1.58. The highest BCUT2D eigenvalue weighted by Crippen LogP contribution is 2.22. The molecule has 0 aliphatic rings. The van der Waals surface area contributed by atoms with Crippen LogP contribution < -0.4 is 10.6 Å². The molecule has 0 saturated heterocycles. The van der Waals surface area contributed by atoms with E-state index in [1.54, 1.807) is 42.2 Å². The number of benzene rings is 1. The Morgan fingerprint density at radius 2 is 1.89 bits per heavy atom. The number of aromatic nitrogens is 3. The van der Waals surface area contributed by atoms with Crippen molar-refractivity contribution >= 4 is 17.5 Å². The van der Waals surface area contributed by atoms with Crippen molar-refractivity contribution in [3.05, 3.63) is 77.4 Å². The van der Waals surface area contributed by atoms with Gasteiger partial charge < -0.3 is 15.7 Å². The summed E-state index contributed by atoms with van der Waals surface area (Å²) in [7, 11) is 3.21. The summed E-state index contributed by atoms with van der Waals surface area (Å²) >= 11 is 0. The number of carbonyl (C=O) groups excluding carboxylic acids is 2. The molecule has 3 rings (SSSR count). The summed E-state index contributed by atoms with van der Waals surface area (Å²) in [4.78, 5) is 28.9. The van der Waals surface area contributed by atoms with Crippen molar-refractivity contribution in [1.29, 1.82) is 0 Å². The second-order valence-electron chi connectivity index (χ2n) is 5.92. The molecule has 8 heteroatoms. The first kappa shape index (κ1) is 18.3. The number of nitrogens with one attached hydrogen (secondary N) is 2. The van der Waals surface area contributed by atoms with E-state index in [1.165, 1.54) is 25.4 Å². The van der Waals surface area contributed by atoms with E-state index in [0.29, 0.717) is 11.3 Å². The third-order valence-corrected chi connectivity index (χ3v) is 3.93. The van der Waals surface area contributed by atoms with Crippen LogP contribution in [0, 0.1) is 0 Å². The third kappa shape index (κ3) is 4.18. The average Bonchev–Trinajstić information content (AvgIpc) is 3.11. The van der Waals surface area contributed by atoms with Crippen LogP contribution in [0.1, 0.15) is 38.2 Å². The maximum atomic E-state index is 12.6. The second kappa shape index (κ2) is 7.79. The van der Waals surface area contributed by atoms with Crippen molar-refractivity contribution in [3.63, 3.8) is 0 Å². The van der Waals surface area contributed by atoms with E-state index in [-0.39, 0.29) is 17.0 Å². The molecule has 0 bridgehead atoms. The van der Waals surface area contributed by atoms with Gasteiger partial charge in [-0.05, 0) is 17.7 Å². The maximum absolute atomic E-state index is 12.6. The van der Waals surface area contributed by atoms with E-state index in [2.05, 4.69) is 20.7 Å². The van der Waals surface area contributed by atoms with Gasteiger partial charge in [-0.2, -0.15) is 5.10 Å². The van der Waals surface area contributed by atoms with Crippen molar-refractivity contribution < 1.29 is 14.7 Å². The molecule has 2 amide bonds. The number of hydrogen-bond acceptors (Lipinski definition) is 5. The van der Waals surface area contributed by atoms with E-state index in [1.807, 2.05) is 6.07 Å². The Bertz CT molecular complexity index is 968. The molecule has 1 unspecified atom stereocenters. The quantitative estimate of drug-likeness (QED) is 0.635. The predicted octanol–water partition coefficient (Wildman–Crippen LogP) is 1.51. The number of amides is 2. The summed E-state index contributed by atoms with van der Waals surface area (Å²) in [6, 6.07) is 11.7. The van der Waals surface area contributed by atoms with Crippen LogP contribution in [-0.4, -0.2) is 38.7 Å². The van der Waals surface area contributed by atoms with Gasteiger partial charge in [0.15, 0.2) is 0 Å². The molecule has 3 aromatic rings. The largest absolute Gasteiger partial charge is 0.382 e. The Hall–Kier alpha value is -3.52. The molecule has 2 aromatic heterocycles. The van der Waals surface area contributed by atoms with Gasteiger partial charge in [0.05, 0.1) is 17.6 Å². The standard InChI is InChI=1S/C19H19N5O3/c1-20-19(27)16-9-13(18(26)22-14-10-21-24(2)11-14)8-15(23-16)17(25)12-6-4-3-5-7-12/h3-11,17,25H,1-2H3,(H,20,27)(H,22,26). The fraction of sp³-hybridized carbons (Fsp3) is 0.158. The Morgan fingerprint density at radius 1 is 1.15 bits per heavy atom. The normalized spacial score (nSPS) is 11.7. The molecule has 2 heterocycles. The maximum Gasteiger partial charge on any atom is 0.269 e. The van der Waals surface area contributed by atoms with Gasteiger partial charge in [-0.25, -0.2) is 4.98 Å². The summed E-state index contributed by atoms with van der Waals surface area (Å²) < 4.78 is 1.56. The van der Waals surface area contributed by atoms with Gasteiger partial charge in [0, 0.05) is 25.9 Å². The van der Waals surface area contributed by atoms with Crippen LogP contribution in [0.5, 0.6) is 0 Å². The highest BCUT2D eigenvalue weighted by molar-refractivity contribution is 6.05. The number of anilines is 1. The predicted molar refractivity (Wildman–Crippen MR) is 99.3 cm³/mol. The molecule has 0 fully saturated rings. The molecule has 0 saturated carbocycles. The molecular weight excluding hydrogens is 346 g/mol.